The van der Waals surface area contributed by atoms with Gasteiger partial charge in [0.05, 0.1) is 13.0 Å². The lowest BCUT2D eigenvalue weighted by Crippen LogP contribution is -2.35. The van der Waals surface area contributed by atoms with E-state index >= 15 is 0 Å². The molecule has 1 aliphatic heterocycles. The molecule has 0 aromatic heterocycles. The smallest absolute Gasteiger partial charge is 0.229 e. The third-order valence-electron chi connectivity index (χ3n) is 2.89. The summed E-state index contributed by atoms with van der Waals surface area (Å²) in [5.41, 5.74) is 2.26. The molecule has 86 valence electrons. The summed E-state index contributed by atoms with van der Waals surface area (Å²) >= 11 is 0. The largest absolute Gasteiger partial charge is 0.357 e. The topological polar surface area (TPSA) is 29.5 Å². The van der Waals surface area contributed by atoms with Gasteiger partial charge in [-0.1, -0.05) is 29.8 Å². The molecular weight excluding hydrogens is 202 g/mol. The van der Waals surface area contributed by atoms with Crippen molar-refractivity contribution in [3.63, 3.8) is 0 Å². The fraction of sp³-hybridized carbons (Fsp3) is 0.462. The maximum atomic E-state index is 12.0. The zero-order valence-electron chi connectivity index (χ0n) is 9.77. The van der Waals surface area contributed by atoms with Crippen LogP contribution in [0.2, 0.25) is 0 Å². The van der Waals surface area contributed by atoms with Crippen LogP contribution < -0.4 is 0 Å². The van der Waals surface area contributed by atoms with Gasteiger partial charge in [0, 0.05) is 6.54 Å². The van der Waals surface area contributed by atoms with E-state index in [1.54, 1.807) is 4.90 Å². The monoisotopic (exact) mass is 219 g/mol. The lowest BCUT2D eigenvalue weighted by atomic mass is 10.1. The third kappa shape index (κ3) is 2.42. The molecule has 3 heteroatoms. The summed E-state index contributed by atoms with van der Waals surface area (Å²) in [6.07, 6.45) is 0.396. The first-order valence-electron chi connectivity index (χ1n) is 5.63. The number of hydrogen-bond acceptors (Lipinski definition) is 2. The molecule has 16 heavy (non-hydrogen) atoms. The lowest BCUT2D eigenvalue weighted by Gasteiger charge is -2.19. The molecule has 3 nitrogen and oxygen atoms in total. The van der Waals surface area contributed by atoms with Crippen molar-refractivity contribution in [3.8, 4) is 0 Å². The third-order valence-corrected chi connectivity index (χ3v) is 2.89. The first-order valence-corrected chi connectivity index (χ1v) is 5.63. The molecule has 0 spiro atoms. The average Bonchev–Trinajstić information content (AvgIpc) is 2.64. The average molecular weight is 219 g/mol. The van der Waals surface area contributed by atoms with Crippen molar-refractivity contribution in [1.82, 2.24) is 4.90 Å². The van der Waals surface area contributed by atoms with Crippen LogP contribution in [0.15, 0.2) is 24.3 Å². The summed E-state index contributed by atoms with van der Waals surface area (Å²) in [7, 11) is 0. The van der Waals surface area contributed by atoms with E-state index in [1.165, 1.54) is 5.56 Å². The molecule has 1 atom stereocenters. The Labute approximate surface area is 96.0 Å². The van der Waals surface area contributed by atoms with Crippen LogP contribution in [0.1, 0.15) is 18.1 Å². The van der Waals surface area contributed by atoms with E-state index in [1.807, 2.05) is 32.0 Å². The van der Waals surface area contributed by atoms with Crippen LogP contribution in [0.4, 0.5) is 0 Å². The van der Waals surface area contributed by atoms with Crippen LogP contribution >= 0.6 is 0 Å². The van der Waals surface area contributed by atoms with Gasteiger partial charge >= 0.3 is 0 Å². The van der Waals surface area contributed by atoms with E-state index < -0.39 is 0 Å². The Kier molecular flexibility index (Phi) is 3.25. The SMILES string of the molecule is Cc1cccc(CC(=O)N2CCOC2C)c1. The van der Waals surface area contributed by atoms with E-state index in [-0.39, 0.29) is 12.1 Å². The Balaban J connectivity index is 2.02. The summed E-state index contributed by atoms with van der Waals surface area (Å²) in [6.45, 7) is 5.32. The summed E-state index contributed by atoms with van der Waals surface area (Å²) in [6, 6.07) is 8.07. The Morgan fingerprint density at radius 1 is 1.56 bits per heavy atom. The van der Waals surface area contributed by atoms with Crippen LogP contribution in [-0.4, -0.2) is 30.2 Å². The second kappa shape index (κ2) is 4.66. The highest BCUT2D eigenvalue weighted by Crippen LogP contribution is 2.12. The van der Waals surface area contributed by atoms with Crippen LogP contribution in [0.5, 0.6) is 0 Å². The molecule has 1 aliphatic rings. The van der Waals surface area contributed by atoms with Gasteiger partial charge in [-0.25, -0.2) is 0 Å². The van der Waals surface area contributed by atoms with Gasteiger partial charge in [-0.2, -0.15) is 0 Å². The Morgan fingerprint density at radius 3 is 3.00 bits per heavy atom. The highest BCUT2D eigenvalue weighted by atomic mass is 16.5. The molecule has 1 fully saturated rings. The molecule has 0 N–H and O–H groups in total. The fourth-order valence-electron chi connectivity index (χ4n) is 2.02. The summed E-state index contributed by atoms with van der Waals surface area (Å²) in [5, 5.41) is 0. The molecule has 1 heterocycles. The van der Waals surface area contributed by atoms with Crippen molar-refractivity contribution in [1.29, 1.82) is 0 Å². The van der Waals surface area contributed by atoms with Gasteiger partial charge in [0.1, 0.15) is 6.23 Å². The number of hydrogen-bond donors (Lipinski definition) is 0. The van der Waals surface area contributed by atoms with Crippen molar-refractivity contribution in [3.05, 3.63) is 35.4 Å². The number of aryl methyl sites for hydroxylation is 1. The second-order valence-corrected chi connectivity index (χ2v) is 4.22. The predicted molar refractivity (Wildman–Crippen MR) is 62.0 cm³/mol. The Hall–Kier alpha value is -1.35. The Bertz CT molecular complexity index is 389. The van der Waals surface area contributed by atoms with Crippen LogP contribution in [-0.2, 0) is 16.0 Å². The Morgan fingerprint density at radius 2 is 2.38 bits per heavy atom. The predicted octanol–water partition coefficient (Wildman–Crippen LogP) is 1.74. The molecule has 0 aliphatic carbocycles. The molecule has 1 unspecified atom stereocenters. The maximum absolute atomic E-state index is 12.0. The van der Waals surface area contributed by atoms with Crippen LogP contribution in [0, 0.1) is 6.92 Å². The van der Waals surface area contributed by atoms with Gasteiger partial charge < -0.3 is 9.64 Å². The van der Waals surface area contributed by atoms with Crippen molar-refractivity contribution in [2.24, 2.45) is 0 Å². The first-order chi connectivity index (χ1) is 7.66. The zero-order valence-corrected chi connectivity index (χ0v) is 9.77. The number of benzene rings is 1. The van der Waals surface area contributed by atoms with E-state index in [4.69, 9.17) is 4.74 Å². The standard InChI is InChI=1S/C13H17NO2/c1-10-4-3-5-12(8-10)9-13(15)14-6-7-16-11(14)2/h3-5,8,11H,6-7,9H2,1-2H3. The first kappa shape index (κ1) is 11.1. The van der Waals surface area contributed by atoms with Crippen molar-refractivity contribution < 1.29 is 9.53 Å². The molecule has 1 aromatic carbocycles. The van der Waals surface area contributed by atoms with E-state index in [2.05, 4.69) is 6.07 Å². The number of ether oxygens (including phenoxy) is 1. The molecule has 0 radical (unpaired) electrons. The minimum atomic E-state index is -0.0719. The van der Waals surface area contributed by atoms with Gasteiger partial charge in [0.2, 0.25) is 5.91 Å². The highest BCUT2D eigenvalue weighted by Gasteiger charge is 2.25. The van der Waals surface area contributed by atoms with Crippen molar-refractivity contribution >= 4 is 5.91 Å². The number of nitrogens with zero attached hydrogens (tertiary/aromatic N) is 1. The van der Waals surface area contributed by atoms with Gasteiger partial charge in [-0.05, 0) is 19.4 Å². The summed E-state index contributed by atoms with van der Waals surface area (Å²) in [5.74, 6) is 0.149. The summed E-state index contributed by atoms with van der Waals surface area (Å²) < 4.78 is 5.35. The van der Waals surface area contributed by atoms with Gasteiger partial charge in [-0.3, -0.25) is 4.79 Å². The van der Waals surface area contributed by atoms with Gasteiger partial charge in [0.15, 0.2) is 0 Å². The van der Waals surface area contributed by atoms with Crippen LogP contribution in [0.25, 0.3) is 0 Å². The lowest BCUT2D eigenvalue weighted by molar-refractivity contribution is -0.134. The highest BCUT2D eigenvalue weighted by molar-refractivity contribution is 5.79. The van der Waals surface area contributed by atoms with Gasteiger partial charge in [0.25, 0.3) is 0 Å². The molecular formula is C13H17NO2. The second-order valence-electron chi connectivity index (χ2n) is 4.22. The molecule has 0 saturated carbocycles. The quantitative estimate of drug-likeness (QED) is 0.758. The number of carbonyl (C=O) groups excluding carboxylic acids is 1. The summed E-state index contributed by atoms with van der Waals surface area (Å²) in [4.78, 5) is 13.8. The molecule has 1 amide bonds. The van der Waals surface area contributed by atoms with E-state index in [0.29, 0.717) is 19.6 Å². The number of rotatable bonds is 2. The normalized spacial score (nSPS) is 20.1. The molecule has 0 bridgehead atoms. The van der Waals surface area contributed by atoms with E-state index in [0.717, 1.165) is 5.56 Å². The minimum absolute atomic E-state index is 0.0719. The molecule has 2 rings (SSSR count). The maximum Gasteiger partial charge on any atom is 0.229 e. The molecule has 1 aromatic rings. The van der Waals surface area contributed by atoms with Crippen molar-refractivity contribution in [2.75, 3.05) is 13.2 Å². The fourth-order valence-corrected chi connectivity index (χ4v) is 2.02. The number of carbonyl (C=O) groups is 1. The minimum Gasteiger partial charge on any atom is -0.357 e. The van der Waals surface area contributed by atoms with Crippen LogP contribution in [0.3, 0.4) is 0 Å². The van der Waals surface area contributed by atoms with E-state index in [9.17, 15) is 4.79 Å². The van der Waals surface area contributed by atoms with Gasteiger partial charge in [-0.15, -0.1) is 0 Å². The number of amides is 1. The molecule has 1 saturated heterocycles. The van der Waals surface area contributed by atoms with Crippen molar-refractivity contribution in [2.45, 2.75) is 26.5 Å². The zero-order chi connectivity index (χ0) is 11.5.